The van der Waals surface area contributed by atoms with Crippen LogP contribution in [0.4, 0.5) is 13.2 Å². The standard InChI is InChI=1S/C33H43F3O/c1-3-4-5-6-25-9-17-29(18-10-25)30-19-20-31(32(34)23-30)33(35,36)37-22-21-26-11-15-28(16-12-26)27-13-7-24(2)8-14-27/h3-4,11-12,15-16,19-20,23-25,27,29H,5-10,13-14,17-18,21-22H2,1-2H3. The largest absolute Gasteiger partial charge is 0.386 e. The number of benzene rings is 2. The lowest BCUT2D eigenvalue weighted by Gasteiger charge is -2.29. The van der Waals surface area contributed by atoms with Crippen molar-refractivity contribution < 1.29 is 17.9 Å². The van der Waals surface area contributed by atoms with Crippen molar-refractivity contribution in [3.05, 3.63) is 82.7 Å². The second-order valence-electron chi connectivity index (χ2n) is 11.4. The van der Waals surface area contributed by atoms with Crippen molar-refractivity contribution in [2.45, 2.75) is 102 Å². The third-order valence-corrected chi connectivity index (χ3v) is 8.74. The minimum Gasteiger partial charge on any atom is -0.316 e. The molecule has 0 radical (unpaired) electrons. The van der Waals surface area contributed by atoms with E-state index in [1.807, 2.05) is 19.1 Å². The number of rotatable bonds is 10. The zero-order chi connectivity index (χ0) is 26.3. The van der Waals surface area contributed by atoms with Crippen LogP contribution in [0.1, 0.15) is 112 Å². The van der Waals surface area contributed by atoms with Crippen molar-refractivity contribution in [1.29, 1.82) is 0 Å². The molecule has 4 heteroatoms. The Hall–Kier alpha value is -2.07. The van der Waals surface area contributed by atoms with Crippen LogP contribution in [0, 0.1) is 17.7 Å². The van der Waals surface area contributed by atoms with Crippen LogP contribution in [0.3, 0.4) is 0 Å². The molecule has 0 aliphatic heterocycles. The quantitative estimate of drug-likeness (QED) is 0.288. The van der Waals surface area contributed by atoms with Crippen LogP contribution in [0.15, 0.2) is 54.6 Å². The third-order valence-electron chi connectivity index (χ3n) is 8.74. The van der Waals surface area contributed by atoms with Gasteiger partial charge in [-0.25, -0.2) is 4.39 Å². The highest BCUT2D eigenvalue weighted by Crippen LogP contribution is 2.40. The van der Waals surface area contributed by atoms with E-state index in [9.17, 15) is 13.2 Å². The molecule has 202 valence electrons. The van der Waals surface area contributed by atoms with Gasteiger partial charge in [0.2, 0.25) is 0 Å². The molecule has 2 aromatic carbocycles. The van der Waals surface area contributed by atoms with Crippen LogP contribution in [0.5, 0.6) is 0 Å². The molecule has 2 fully saturated rings. The van der Waals surface area contributed by atoms with Crippen molar-refractivity contribution >= 4 is 0 Å². The SMILES string of the molecule is CC=CCCC1CCC(c2ccc(C(F)(F)OCCc3ccc(C4CCC(C)CC4)cc3)c(F)c2)CC1. The van der Waals surface area contributed by atoms with E-state index >= 15 is 0 Å². The van der Waals surface area contributed by atoms with Crippen molar-refractivity contribution in [3.63, 3.8) is 0 Å². The summed E-state index contributed by atoms with van der Waals surface area (Å²) in [5.74, 6) is 1.50. The van der Waals surface area contributed by atoms with Crippen LogP contribution in [0.2, 0.25) is 0 Å². The molecule has 0 aromatic heterocycles. The molecular weight excluding hydrogens is 469 g/mol. The van der Waals surface area contributed by atoms with Crippen LogP contribution >= 0.6 is 0 Å². The molecule has 0 amide bonds. The van der Waals surface area contributed by atoms with Gasteiger partial charge in [-0.2, -0.15) is 8.78 Å². The lowest BCUT2D eigenvalue weighted by molar-refractivity contribution is -0.249. The summed E-state index contributed by atoms with van der Waals surface area (Å²) in [5.41, 5.74) is 2.46. The molecule has 1 nitrogen and oxygen atoms in total. The first-order valence-corrected chi connectivity index (χ1v) is 14.4. The van der Waals surface area contributed by atoms with Gasteiger partial charge in [0.1, 0.15) is 5.82 Å². The summed E-state index contributed by atoms with van der Waals surface area (Å²) in [6.45, 7) is 4.19. The first-order valence-electron chi connectivity index (χ1n) is 14.4. The molecule has 2 aliphatic rings. The van der Waals surface area contributed by atoms with E-state index in [-0.39, 0.29) is 12.5 Å². The molecular formula is C33H43F3O. The summed E-state index contributed by atoms with van der Waals surface area (Å²) in [7, 11) is 0. The third kappa shape index (κ3) is 7.72. The monoisotopic (exact) mass is 512 g/mol. The van der Waals surface area contributed by atoms with Crippen molar-refractivity contribution in [1.82, 2.24) is 0 Å². The Balaban J connectivity index is 1.26. The molecule has 0 unspecified atom stereocenters. The van der Waals surface area contributed by atoms with Gasteiger partial charge in [0, 0.05) is 0 Å². The molecule has 37 heavy (non-hydrogen) atoms. The van der Waals surface area contributed by atoms with Gasteiger partial charge in [0.15, 0.2) is 0 Å². The zero-order valence-electron chi connectivity index (χ0n) is 22.5. The van der Waals surface area contributed by atoms with Crippen LogP contribution in [-0.4, -0.2) is 6.61 Å². The lowest BCUT2D eigenvalue weighted by atomic mass is 9.77. The highest BCUT2D eigenvalue weighted by molar-refractivity contribution is 5.29. The van der Waals surface area contributed by atoms with Gasteiger partial charge in [0.05, 0.1) is 12.2 Å². The minimum absolute atomic E-state index is 0.161. The number of ether oxygens (including phenoxy) is 1. The summed E-state index contributed by atoms with van der Waals surface area (Å²) in [6.07, 6.45) is 12.5. The average molecular weight is 513 g/mol. The number of hydrogen-bond acceptors (Lipinski definition) is 1. The molecule has 0 heterocycles. The maximum Gasteiger partial charge on any atom is 0.386 e. The first-order chi connectivity index (χ1) is 17.9. The second-order valence-corrected chi connectivity index (χ2v) is 11.4. The lowest BCUT2D eigenvalue weighted by Crippen LogP contribution is -2.22. The fourth-order valence-electron chi connectivity index (χ4n) is 6.23. The van der Waals surface area contributed by atoms with E-state index in [0.29, 0.717) is 18.3 Å². The molecule has 0 saturated heterocycles. The molecule has 2 aliphatic carbocycles. The molecule has 2 saturated carbocycles. The zero-order valence-corrected chi connectivity index (χ0v) is 22.5. The smallest absolute Gasteiger partial charge is 0.316 e. The highest BCUT2D eigenvalue weighted by Gasteiger charge is 2.36. The number of hydrogen-bond donors (Lipinski definition) is 0. The van der Waals surface area contributed by atoms with Gasteiger partial charge in [0.25, 0.3) is 0 Å². The second kappa shape index (κ2) is 13.1. The minimum atomic E-state index is -3.65. The Bertz CT molecular complexity index is 997. The number of alkyl halides is 2. The van der Waals surface area contributed by atoms with Crippen LogP contribution < -0.4 is 0 Å². The van der Waals surface area contributed by atoms with Crippen LogP contribution in [0.25, 0.3) is 0 Å². The summed E-state index contributed by atoms with van der Waals surface area (Å²) < 4.78 is 49.3. The van der Waals surface area contributed by atoms with E-state index in [1.54, 1.807) is 6.07 Å². The average Bonchev–Trinajstić information content (AvgIpc) is 2.90. The van der Waals surface area contributed by atoms with Crippen molar-refractivity contribution in [3.8, 4) is 0 Å². The van der Waals surface area contributed by atoms with Gasteiger partial charge in [-0.15, -0.1) is 0 Å². The van der Waals surface area contributed by atoms with Crippen LogP contribution in [-0.2, 0) is 17.3 Å². The first kappa shape index (κ1) is 28.0. The van der Waals surface area contributed by atoms with Gasteiger partial charge >= 0.3 is 6.11 Å². The van der Waals surface area contributed by atoms with Crippen molar-refractivity contribution in [2.24, 2.45) is 11.8 Å². The normalized spacial score (nSPS) is 25.0. The molecule has 2 aromatic rings. The Labute approximate surface area is 221 Å². The fraction of sp³-hybridized carbons (Fsp3) is 0.576. The summed E-state index contributed by atoms with van der Waals surface area (Å²) in [6, 6.07) is 12.5. The summed E-state index contributed by atoms with van der Waals surface area (Å²) in [4.78, 5) is 0. The fourth-order valence-corrected chi connectivity index (χ4v) is 6.23. The van der Waals surface area contributed by atoms with Gasteiger partial charge in [-0.05, 0) is 117 Å². The maximum atomic E-state index is 14.8. The number of halogens is 3. The Morgan fingerprint density at radius 2 is 1.49 bits per heavy atom. The maximum absolute atomic E-state index is 14.8. The topological polar surface area (TPSA) is 9.23 Å². The predicted octanol–water partition coefficient (Wildman–Crippen LogP) is 10.1. The van der Waals surface area contributed by atoms with Gasteiger partial charge in [-0.3, -0.25) is 0 Å². The van der Waals surface area contributed by atoms with E-state index < -0.39 is 17.5 Å². The Morgan fingerprint density at radius 3 is 2.14 bits per heavy atom. The summed E-state index contributed by atoms with van der Waals surface area (Å²) in [5, 5.41) is 0. The van der Waals surface area contributed by atoms with E-state index in [4.69, 9.17) is 4.74 Å². The van der Waals surface area contributed by atoms with E-state index in [2.05, 4.69) is 31.2 Å². The molecule has 0 bridgehead atoms. The number of allylic oxidation sites excluding steroid dienone is 2. The Morgan fingerprint density at radius 1 is 0.865 bits per heavy atom. The molecule has 0 atom stereocenters. The predicted molar refractivity (Wildman–Crippen MR) is 146 cm³/mol. The van der Waals surface area contributed by atoms with E-state index in [1.165, 1.54) is 49.8 Å². The van der Waals surface area contributed by atoms with Crippen molar-refractivity contribution in [2.75, 3.05) is 6.61 Å². The molecule has 0 N–H and O–H groups in total. The molecule has 4 rings (SSSR count). The summed E-state index contributed by atoms with van der Waals surface area (Å²) >= 11 is 0. The Kier molecular flexibility index (Phi) is 9.92. The van der Waals surface area contributed by atoms with Gasteiger partial charge < -0.3 is 4.74 Å². The van der Waals surface area contributed by atoms with Gasteiger partial charge in [-0.1, -0.05) is 62.2 Å². The molecule has 0 spiro atoms. The van der Waals surface area contributed by atoms with E-state index in [0.717, 1.165) is 49.1 Å². The highest BCUT2D eigenvalue weighted by atomic mass is 19.3.